The predicted octanol–water partition coefficient (Wildman–Crippen LogP) is 1.93. The number of nitrogens with one attached hydrogen (secondary N) is 1. The number of aryl methyl sites for hydroxylation is 1. The van der Waals surface area contributed by atoms with E-state index in [1.807, 2.05) is 36.1 Å². The minimum absolute atomic E-state index is 0.120. The minimum Gasteiger partial charge on any atom is -0.484 e. The van der Waals surface area contributed by atoms with Crippen LogP contribution in [-0.2, 0) is 4.79 Å². The standard InChI is InChI=1S/C21H32N2O2/c1-16-4-6-20(7-5-16)25-15-21(24)22-10-8-19(9-11-22)23-13-17(2)12-18(3)14-23/h4-7,17-19H,8-15H2,1-3H3/p+1/t17-,18-/m1/s1. The third kappa shape index (κ3) is 4.97. The number of rotatable bonds is 4. The molecule has 2 saturated heterocycles. The Labute approximate surface area is 152 Å². The molecule has 1 N–H and O–H groups in total. The van der Waals surface area contributed by atoms with E-state index in [4.69, 9.17) is 4.74 Å². The van der Waals surface area contributed by atoms with Gasteiger partial charge >= 0.3 is 0 Å². The van der Waals surface area contributed by atoms with Gasteiger partial charge in [0.1, 0.15) is 5.75 Å². The summed E-state index contributed by atoms with van der Waals surface area (Å²) in [7, 11) is 0. The van der Waals surface area contributed by atoms with Crippen molar-refractivity contribution in [3.05, 3.63) is 29.8 Å². The van der Waals surface area contributed by atoms with Gasteiger partial charge in [-0.1, -0.05) is 31.5 Å². The van der Waals surface area contributed by atoms with Crippen molar-refractivity contribution in [3.8, 4) is 5.75 Å². The molecule has 0 aliphatic carbocycles. The molecular weight excluding hydrogens is 312 g/mol. The fourth-order valence-electron chi connectivity index (χ4n) is 4.57. The molecule has 25 heavy (non-hydrogen) atoms. The van der Waals surface area contributed by atoms with E-state index in [1.165, 1.54) is 25.1 Å². The number of carbonyl (C=O) groups is 1. The molecule has 0 spiro atoms. The van der Waals surface area contributed by atoms with Crippen molar-refractivity contribution in [2.24, 2.45) is 11.8 Å². The zero-order chi connectivity index (χ0) is 17.8. The second-order valence-corrected chi connectivity index (χ2v) is 8.27. The van der Waals surface area contributed by atoms with Crippen molar-refractivity contribution in [3.63, 3.8) is 0 Å². The average Bonchev–Trinajstić information content (AvgIpc) is 2.60. The summed E-state index contributed by atoms with van der Waals surface area (Å²) in [6, 6.07) is 8.60. The van der Waals surface area contributed by atoms with E-state index in [9.17, 15) is 4.79 Å². The van der Waals surface area contributed by atoms with Gasteiger partial charge in [0.2, 0.25) is 0 Å². The number of nitrogens with zero attached hydrogens (tertiary/aromatic N) is 1. The number of piperidine rings is 2. The molecule has 2 aliphatic heterocycles. The van der Waals surface area contributed by atoms with Crippen molar-refractivity contribution in [2.75, 3.05) is 32.8 Å². The van der Waals surface area contributed by atoms with Gasteiger partial charge in [0.05, 0.1) is 19.1 Å². The van der Waals surface area contributed by atoms with E-state index in [0.717, 1.165) is 49.6 Å². The summed E-state index contributed by atoms with van der Waals surface area (Å²) in [6.07, 6.45) is 3.63. The number of hydrogen-bond donors (Lipinski definition) is 1. The van der Waals surface area contributed by atoms with Gasteiger partial charge in [0.15, 0.2) is 6.61 Å². The quantitative estimate of drug-likeness (QED) is 0.905. The highest BCUT2D eigenvalue weighted by molar-refractivity contribution is 5.77. The van der Waals surface area contributed by atoms with Gasteiger partial charge in [-0.3, -0.25) is 4.79 Å². The number of quaternary nitrogens is 1. The first kappa shape index (κ1) is 18.2. The molecule has 1 aromatic carbocycles. The third-order valence-electron chi connectivity index (χ3n) is 5.83. The van der Waals surface area contributed by atoms with Gasteiger partial charge < -0.3 is 14.5 Å². The molecule has 2 aliphatic rings. The second kappa shape index (κ2) is 8.22. The van der Waals surface area contributed by atoms with Gasteiger partial charge in [-0.2, -0.15) is 0 Å². The molecule has 1 aromatic rings. The molecule has 0 radical (unpaired) electrons. The first-order valence-electron chi connectivity index (χ1n) is 9.83. The monoisotopic (exact) mass is 345 g/mol. The van der Waals surface area contributed by atoms with E-state index in [1.54, 1.807) is 4.90 Å². The van der Waals surface area contributed by atoms with Crippen molar-refractivity contribution < 1.29 is 14.4 Å². The first-order chi connectivity index (χ1) is 12.0. The fraction of sp³-hybridized carbons (Fsp3) is 0.667. The Morgan fingerprint density at radius 2 is 1.72 bits per heavy atom. The Kier molecular flexibility index (Phi) is 6.00. The number of benzene rings is 1. The molecule has 0 bridgehead atoms. The van der Waals surface area contributed by atoms with Crippen LogP contribution in [0, 0.1) is 18.8 Å². The summed E-state index contributed by atoms with van der Waals surface area (Å²) in [6.45, 7) is 11.3. The lowest BCUT2D eigenvalue weighted by molar-refractivity contribution is -0.938. The highest BCUT2D eigenvalue weighted by Gasteiger charge is 2.34. The highest BCUT2D eigenvalue weighted by atomic mass is 16.5. The molecule has 0 aromatic heterocycles. The second-order valence-electron chi connectivity index (χ2n) is 8.27. The molecule has 0 unspecified atom stereocenters. The molecule has 2 atom stereocenters. The summed E-state index contributed by atoms with van der Waals surface area (Å²) in [5.74, 6) is 2.56. The van der Waals surface area contributed by atoms with E-state index >= 15 is 0 Å². The number of hydrogen-bond acceptors (Lipinski definition) is 2. The smallest absolute Gasteiger partial charge is 0.260 e. The molecule has 0 saturated carbocycles. The van der Waals surface area contributed by atoms with Gasteiger partial charge in [-0.15, -0.1) is 0 Å². The number of ether oxygens (including phenoxy) is 1. The summed E-state index contributed by atoms with van der Waals surface area (Å²) < 4.78 is 5.65. The summed E-state index contributed by atoms with van der Waals surface area (Å²) in [4.78, 5) is 16.2. The van der Waals surface area contributed by atoms with Crippen molar-refractivity contribution in [1.29, 1.82) is 0 Å². The Morgan fingerprint density at radius 3 is 2.32 bits per heavy atom. The average molecular weight is 346 g/mol. The Hall–Kier alpha value is -1.55. The number of carbonyl (C=O) groups excluding carboxylic acids is 1. The molecule has 2 fully saturated rings. The van der Waals surface area contributed by atoms with Crippen molar-refractivity contribution >= 4 is 5.91 Å². The SMILES string of the molecule is Cc1ccc(OCC(=O)N2CCC([NH+]3C[C@H](C)C[C@@H](C)C3)CC2)cc1. The van der Waals surface area contributed by atoms with Gasteiger partial charge in [-0.25, -0.2) is 0 Å². The van der Waals surface area contributed by atoms with Crippen molar-refractivity contribution in [2.45, 2.75) is 46.1 Å². The first-order valence-corrected chi connectivity index (χ1v) is 9.83. The van der Waals surface area contributed by atoms with E-state index in [0.29, 0.717) is 0 Å². The maximum absolute atomic E-state index is 12.4. The van der Waals surface area contributed by atoms with E-state index in [-0.39, 0.29) is 12.5 Å². The lowest BCUT2D eigenvalue weighted by Crippen LogP contribution is -3.18. The van der Waals surface area contributed by atoms with Crippen LogP contribution in [0.4, 0.5) is 0 Å². The number of likely N-dealkylation sites (tertiary alicyclic amines) is 2. The lowest BCUT2D eigenvalue weighted by atomic mass is 9.89. The van der Waals surface area contributed by atoms with E-state index in [2.05, 4.69) is 13.8 Å². The van der Waals surface area contributed by atoms with Crippen molar-refractivity contribution in [1.82, 2.24) is 4.90 Å². The summed E-state index contributed by atoms with van der Waals surface area (Å²) in [5, 5.41) is 0. The molecule has 3 rings (SSSR count). The van der Waals surface area contributed by atoms with Crippen LogP contribution in [0.25, 0.3) is 0 Å². The molecule has 2 heterocycles. The van der Waals surface area contributed by atoms with Gasteiger partial charge in [-0.05, 0) is 25.5 Å². The fourth-order valence-corrected chi connectivity index (χ4v) is 4.57. The zero-order valence-corrected chi connectivity index (χ0v) is 16.0. The van der Waals surface area contributed by atoms with Crippen LogP contribution in [0.3, 0.4) is 0 Å². The zero-order valence-electron chi connectivity index (χ0n) is 16.0. The molecule has 138 valence electrons. The third-order valence-corrected chi connectivity index (χ3v) is 5.83. The maximum Gasteiger partial charge on any atom is 0.260 e. The summed E-state index contributed by atoms with van der Waals surface area (Å²) in [5.41, 5.74) is 1.20. The normalized spacial score (nSPS) is 28.0. The van der Waals surface area contributed by atoms with Gasteiger partial charge in [0.25, 0.3) is 5.91 Å². The highest BCUT2D eigenvalue weighted by Crippen LogP contribution is 2.16. The van der Waals surface area contributed by atoms with Crippen LogP contribution in [-0.4, -0.2) is 49.6 Å². The van der Waals surface area contributed by atoms with Crippen LogP contribution in [0.1, 0.15) is 38.7 Å². The maximum atomic E-state index is 12.4. The number of amides is 1. The largest absolute Gasteiger partial charge is 0.484 e. The van der Waals surface area contributed by atoms with Crippen LogP contribution in [0.2, 0.25) is 0 Å². The summed E-state index contributed by atoms with van der Waals surface area (Å²) >= 11 is 0. The Balaban J connectivity index is 1.43. The lowest BCUT2D eigenvalue weighted by Gasteiger charge is -2.41. The Bertz CT molecular complexity index is 554. The van der Waals surface area contributed by atoms with Crippen LogP contribution >= 0.6 is 0 Å². The van der Waals surface area contributed by atoms with Crippen LogP contribution < -0.4 is 9.64 Å². The molecule has 4 heteroatoms. The molecule has 4 nitrogen and oxygen atoms in total. The van der Waals surface area contributed by atoms with Crippen LogP contribution in [0.15, 0.2) is 24.3 Å². The van der Waals surface area contributed by atoms with Crippen LogP contribution in [0.5, 0.6) is 5.75 Å². The Morgan fingerprint density at radius 1 is 1.12 bits per heavy atom. The topological polar surface area (TPSA) is 34.0 Å². The van der Waals surface area contributed by atoms with E-state index < -0.39 is 0 Å². The minimum atomic E-state index is 0.120. The molecule has 1 amide bonds. The van der Waals surface area contributed by atoms with Gasteiger partial charge in [0, 0.05) is 37.8 Å². The predicted molar refractivity (Wildman–Crippen MR) is 99.9 cm³/mol. The molecular formula is C21H33N2O2+.